The molecular formula is C11H16. The lowest BCUT2D eigenvalue weighted by Crippen LogP contribution is -1.78. The zero-order chi connectivity index (χ0) is 8.27. The van der Waals surface area contributed by atoms with Crippen LogP contribution in [0.5, 0.6) is 0 Å². The molecule has 1 aliphatic carbocycles. The van der Waals surface area contributed by atoms with Crippen molar-refractivity contribution in [3.05, 3.63) is 36.0 Å². The first-order valence-electron chi connectivity index (χ1n) is 4.30. The third-order valence-electron chi connectivity index (χ3n) is 2.21. The normalized spacial score (nSPS) is 21.2. The van der Waals surface area contributed by atoms with E-state index >= 15 is 0 Å². The van der Waals surface area contributed by atoms with Crippen molar-refractivity contribution in [2.45, 2.75) is 32.6 Å². The maximum atomic E-state index is 4.01. The van der Waals surface area contributed by atoms with E-state index in [1.165, 1.54) is 36.0 Å². The van der Waals surface area contributed by atoms with E-state index in [1.807, 2.05) is 0 Å². The van der Waals surface area contributed by atoms with E-state index in [0.717, 1.165) is 6.42 Å². The summed E-state index contributed by atoms with van der Waals surface area (Å²) < 4.78 is 0. The van der Waals surface area contributed by atoms with Crippen molar-refractivity contribution in [3.8, 4) is 0 Å². The maximum absolute atomic E-state index is 4.01. The molecule has 0 aliphatic heterocycles. The van der Waals surface area contributed by atoms with E-state index in [-0.39, 0.29) is 0 Å². The van der Waals surface area contributed by atoms with Gasteiger partial charge in [0, 0.05) is 0 Å². The van der Waals surface area contributed by atoms with Crippen molar-refractivity contribution in [1.29, 1.82) is 0 Å². The molecule has 11 heavy (non-hydrogen) atoms. The summed E-state index contributed by atoms with van der Waals surface area (Å²) in [4.78, 5) is 0. The highest BCUT2D eigenvalue weighted by Crippen LogP contribution is 2.29. The summed E-state index contributed by atoms with van der Waals surface area (Å²) in [6.45, 7) is 10.1. The van der Waals surface area contributed by atoms with E-state index < -0.39 is 0 Å². The van der Waals surface area contributed by atoms with Crippen LogP contribution in [0.15, 0.2) is 36.0 Å². The zero-order valence-electron chi connectivity index (χ0n) is 7.32. The van der Waals surface area contributed by atoms with Crippen LogP contribution in [0.2, 0.25) is 0 Å². The maximum Gasteiger partial charge on any atom is -0.0273 e. The van der Waals surface area contributed by atoms with Crippen molar-refractivity contribution in [2.24, 2.45) is 0 Å². The van der Waals surface area contributed by atoms with Crippen molar-refractivity contribution >= 4 is 0 Å². The zero-order valence-corrected chi connectivity index (χ0v) is 7.32. The molecular weight excluding hydrogens is 132 g/mol. The highest BCUT2D eigenvalue weighted by atomic mass is 14.2. The summed E-state index contributed by atoms with van der Waals surface area (Å²) >= 11 is 0. The fourth-order valence-electron chi connectivity index (χ4n) is 1.35. The Morgan fingerprint density at radius 1 is 1.55 bits per heavy atom. The number of hydrogen-bond acceptors (Lipinski definition) is 0. The Morgan fingerprint density at radius 2 is 2.27 bits per heavy atom. The van der Waals surface area contributed by atoms with Gasteiger partial charge in [-0.1, -0.05) is 37.3 Å². The third kappa shape index (κ3) is 2.07. The van der Waals surface area contributed by atoms with Crippen LogP contribution in [0.4, 0.5) is 0 Å². The van der Waals surface area contributed by atoms with Crippen LogP contribution in [0, 0.1) is 0 Å². The molecule has 0 unspecified atom stereocenters. The second-order valence-electron chi connectivity index (χ2n) is 3.14. The van der Waals surface area contributed by atoms with Gasteiger partial charge in [0.05, 0.1) is 0 Å². The Bertz CT molecular complexity index is 206. The molecule has 0 spiro atoms. The van der Waals surface area contributed by atoms with Crippen LogP contribution in [0.3, 0.4) is 0 Å². The first-order chi connectivity index (χ1) is 5.24. The van der Waals surface area contributed by atoms with Crippen LogP contribution in [0.25, 0.3) is 0 Å². The molecule has 0 aromatic rings. The SMILES string of the molecule is C=C(/C=C1/CCCC1=C)CC. The van der Waals surface area contributed by atoms with E-state index in [0.29, 0.717) is 0 Å². The van der Waals surface area contributed by atoms with Crippen molar-refractivity contribution in [1.82, 2.24) is 0 Å². The van der Waals surface area contributed by atoms with Crippen molar-refractivity contribution < 1.29 is 0 Å². The Hall–Kier alpha value is -0.780. The average molecular weight is 148 g/mol. The van der Waals surface area contributed by atoms with Crippen molar-refractivity contribution in [2.75, 3.05) is 0 Å². The first kappa shape index (κ1) is 8.32. The van der Waals surface area contributed by atoms with E-state index in [4.69, 9.17) is 0 Å². The molecule has 0 aromatic heterocycles. The topological polar surface area (TPSA) is 0 Å². The molecule has 0 saturated heterocycles. The number of rotatable bonds is 2. The summed E-state index contributed by atoms with van der Waals surface area (Å²) in [7, 11) is 0. The van der Waals surface area contributed by atoms with Crippen LogP contribution in [-0.4, -0.2) is 0 Å². The smallest absolute Gasteiger partial charge is 0.0273 e. The van der Waals surface area contributed by atoms with Crippen LogP contribution in [-0.2, 0) is 0 Å². The third-order valence-corrected chi connectivity index (χ3v) is 2.21. The molecule has 1 aliphatic rings. The van der Waals surface area contributed by atoms with Gasteiger partial charge in [0.15, 0.2) is 0 Å². The van der Waals surface area contributed by atoms with Gasteiger partial charge in [-0.25, -0.2) is 0 Å². The Morgan fingerprint density at radius 3 is 2.73 bits per heavy atom. The first-order valence-corrected chi connectivity index (χ1v) is 4.30. The van der Waals surface area contributed by atoms with E-state index in [2.05, 4.69) is 26.2 Å². The molecule has 0 amide bonds. The highest BCUT2D eigenvalue weighted by Gasteiger charge is 2.10. The van der Waals surface area contributed by atoms with Crippen LogP contribution >= 0.6 is 0 Å². The molecule has 0 heteroatoms. The van der Waals surface area contributed by atoms with Crippen molar-refractivity contribution in [3.63, 3.8) is 0 Å². The summed E-state index contributed by atoms with van der Waals surface area (Å²) in [5.74, 6) is 0. The van der Waals surface area contributed by atoms with Gasteiger partial charge >= 0.3 is 0 Å². The van der Waals surface area contributed by atoms with Gasteiger partial charge in [-0.2, -0.15) is 0 Å². The lowest BCUT2D eigenvalue weighted by atomic mass is 10.1. The molecule has 0 atom stereocenters. The largest absolute Gasteiger partial charge is 0.0958 e. The average Bonchev–Trinajstić information content (AvgIpc) is 2.37. The number of hydrogen-bond donors (Lipinski definition) is 0. The number of allylic oxidation sites excluding steroid dienone is 4. The van der Waals surface area contributed by atoms with Gasteiger partial charge in [-0.15, -0.1) is 0 Å². The van der Waals surface area contributed by atoms with Crippen LogP contribution < -0.4 is 0 Å². The molecule has 60 valence electrons. The van der Waals surface area contributed by atoms with Crippen LogP contribution in [0.1, 0.15) is 32.6 Å². The molecule has 1 saturated carbocycles. The second kappa shape index (κ2) is 3.56. The lowest BCUT2D eigenvalue weighted by molar-refractivity contribution is 0.932. The van der Waals surface area contributed by atoms with Gasteiger partial charge in [0.1, 0.15) is 0 Å². The van der Waals surface area contributed by atoms with Gasteiger partial charge in [0.2, 0.25) is 0 Å². The monoisotopic (exact) mass is 148 g/mol. The molecule has 0 N–H and O–H groups in total. The molecule has 1 fully saturated rings. The van der Waals surface area contributed by atoms with Gasteiger partial charge in [0.25, 0.3) is 0 Å². The molecule has 0 heterocycles. The Kier molecular flexibility index (Phi) is 2.70. The predicted octanol–water partition coefficient (Wildman–Crippen LogP) is 3.62. The molecule has 0 bridgehead atoms. The second-order valence-corrected chi connectivity index (χ2v) is 3.14. The van der Waals surface area contributed by atoms with Gasteiger partial charge < -0.3 is 0 Å². The standard InChI is InChI=1S/C11H16/c1-4-9(2)8-11-7-5-6-10(11)3/h8H,2-7H2,1H3/b11-8-. The summed E-state index contributed by atoms with van der Waals surface area (Å²) in [6.07, 6.45) is 6.93. The van der Waals surface area contributed by atoms with Gasteiger partial charge in [-0.3, -0.25) is 0 Å². The minimum Gasteiger partial charge on any atom is -0.0958 e. The molecule has 1 rings (SSSR count). The Balaban J connectivity index is 2.65. The van der Waals surface area contributed by atoms with Gasteiger partial charge in [-0.05, 0) is 31.3 Å². The summed E-state index contributed by atoms with van der Waals surface area (Å²) in [5.41, 5.74) is 3.97. The molecule has 0 aromatic carbocycles. The minimum absolute atomic E-state index is 1.05. The quantitative estimate of drug-likeness (QED) is 0.561. The lowest BCUT2D eigenvalue weighted by Gasteiger charge is -1.98. The predicted molar refractivity (Wildman–Crippen MR) is 50.5 cm³/mol. The van der Waals surface area contributed by atoms with E-state index in [9.17, 15) is 0 Å². The Labute approximate surface area is 69.3 Å². The summed E-state index contributed by atoms with van der Waals surface area (Å²) in [5, 5.41) is 0. The van der Waals surface area contributed by atoms with E-state index in [1.54, 1.807) is 0 Å². The fourth-order valence-corrected chi connectivity index (χ4v) is 1.35. The minimum atomic E-state index is 1.05. The molecule has 0 radical (unpaired) electrons. The fraction of sp³-hybridized carbons (Fsp3) is 0.455. The highest BCUT2D eigenvalue weighted by molar-refractivity contribution is 5.37. The molecule has 0 nitrogen and oxygen atoms in total. The summed E-state index contributed by atoms with van der Waals surface area (Å²) in [6, 6.07) is 0.